The van der Waals surface area contributed by atoms with Crippen molar-refractivity contribution in [2.75, 3.05) is 0 Å². The molecule has 12 aromatic carbocycles. The quantitative estimate of drug-likeness (QED) is 0.165. The summed E-state index contributed by atoms with van der Waals surface area (Å²) in [6.45, 7) is 0. The van der Waals surface area contributed by atoms with Gasteiger partial charge in [-0.2, -0.15) is 0 Å². The predicted octanol–water partition coefficient (Wildman–Crippen LogP) is 17.9. The molecule has 0 spiro atoms. The van der Waals surface area contributed by atoms with Crippen molar-refractivity contribution in [2.45, 2.75) is 0 Å². The molecule has 0 aliphatic rings. The topological polar surface area (TPSA) is 36.1 Å². The van der Waals surface area contributed by atoms with E-state index in [1.807, 2.05) is 0 Å². The van der Waals surface area contributed by atoms with Crippen LogP contribution in [-0.4, -0.2) is 9.13 Å². The van der Waals surface area contributed by atoms with Crippen LogP contribution in [0.1, 0.15) is 0 Å². The van der Waals surface area contributed by atoms with Gasteiger partial charge in [-0.05, 0) is 95.1 Å². The number of rotatable bonds is 4. The van der Waals surface area contributed by atoms with Gasteiger partial charge in [-0.25, -0.2) is 0 Å². The molecule has 0 bridgehead atoms. The first kappa shape index (κ1) is 36.1. The minimum atomic E-state index is 0.862. The highest BCUT2D eigenvalue weighted by atomic mass is 16.3. The SMILES string of the molecule is c1ccc(-c2ccc3oc4c(cc5c(-n6c7ccccc7c7ccccc76)cc6c7oc8ccc(-c9ccccc9)cc8c7cc7c(-n8c9ccccc9c9ccccc98)cc4c5c76)c3c2)cc1. The highest BCUT2D eigenvalue weighted by molar-refractivity contribution is 6.38. The van der Waals surface area contributed by atoms with Crippen molar-refractivity contribution >= 4 is 120 Å². The molecule has 4 heteroatoms. The molecule has 0 atom stereocenters. The molecule has 68 heavy (non-hydrogen) atoms. The van der Waals surface area contributed by atoms with Crippen LogP contribution in [0.2, 0.25) is 0 Å². The lowest BCUT2D eigenvalue weighted by Crippen LogP contribution is -2.00. The van der Waals surface area contributed by atoms with Crippen LogP contribution in [0.25, 0.3) is 153 Å². The maximum Gasteiger partial charge on any atom is 0.143 e. The lowest BCUT2D eigenvalue weighted by atomic mass is 9.88. The molecule has 0 saturated heterocycles. The van der Waals surface area contributed by atoms with Crippen molar-refractivity contribution in [3.05, 3.63) is 218 Å². The maximum atomic E-state index is 7.17. The van der Waals surface area contributed by atoms with Gasteiger partial charge in [-0.15, -0.1) is 0 Å². The summed E-state index contributed by atoms with van der Waals surface area (Å²) in [6, 6.07) is 79.5. The molecule has 0 radical (unpaired) electrons. The Bertz CT molecular complexity index is 4370. The lowest BCUT2D eigenvalue weighted by Gasteiger charge is -2.21. The normalized spacial score (nSPS) is 12.4. The fraction of sp³-hybridized carbons (Fsp3) is 0. The number of fused-ring (bicyclic) bond motifs is 14. The van der Waals surface area contributed by atoms with E-state index in [1.54, 1.807) is 0 Å². The Morgan fingerprint density at radius 2 is 0.588 bits per heavy atom. The van der Waals surface area contributed by atoms with E-state index in [-0.39, 0.29) is 0 Å². The molecule has 16 aromatic rings. The second-order valence-corrected chi connectivity index (χ2v) is 18.3. The van der Waals surface area contributed by atoms with Crippen LogP contribution < -0.4 is 0 Å². The lowest BCUT2D eigenvalue weighted by molar-refractivity contribution is 0.672. The third-order valence-corrected chi connectivity index (χ3v) is 14.8. The van der Waals surface area contributed by atoms with Gasteiger partial charge in [0, 0.05) is 75.4 Å². The minimum Gasteiger partial charge on any atom is -0.455 e. The molecule has 0 fully saturated rings. The number of hydrogen-bond donors (Lipinski definition) is 0. The summed E-state index contributed by atoms with van der Waals surface area (Å²) in [7, 11) is 0. The molecule has 4 heterocycles. The van der Waals surface area contributed by atoms with Gasteiger partial charge < -0.3 is 18.0 Å². The van der Waals surface area contributed by atoms with Gasteiger partial charge in [0.25, 0.3) is 0 Å². The molecule has 4 aromatic heterocycles. The van der Waals surface area contributed by atoms with Crippen molar-refractivity contribution in [3.8, 4) is 33.6 Å². The first-order valence-corrected chi connectivity index (χ1v) is 23.3. The predicted molar refractivity (Wildman–Crippen MR) is 284 cm³/mol. The number of aromatic nitrogens is 2. The zero-order chi connectivity index (χ0) is 44.2. The summed E-state index contributed by atoms with van der Waals surface area (Å²) in [6.07, 6.45) is 0. The Hall–Kier alpha value is -9.12. The van der Waals surface area contributed by atoms with Crippen LogP contribution >= 0.6 is 0 Å². The van der Waals surface area contributed by atoms with Crippen molar-refractivity contribution in [1.82, 2.24) is 9.13 Å². The molecule has 0 N–H and O–H groups in total. The average Bonchev–Trinajstić information content (AvgIpc) is 4.16. The third-order valence-electron chi connectivity index (χ3n) is 14.8. The van der Waals surface area contributed by atoms with Gasteiger partial charge in [0.1, 0.15) is 22.3 Å². The van der Waals surface area contributed by atoms with E-state index in [2.05, 4.69) is 228 Å². The van der Waals surface area contributed by atoms with Crippen LogP contribution in [-0.2, 0) is 0 Å². The summed E-state index contributed by atoms with van der Waals surface area (Å²) < 4.78 is 19.3. The van der Waals surface area contributed by atoms with E-state index in [1.165, 1.54) is 32.7 Å². The second kappa shape index (κ2) is 13.3. The van der Waals surface area contributed by atoms with E-state index in [0.717, 1.165) is 121 Å². The van der Waals surface area contributed by atoms with Gasteiger partial charge >= 0.3 is 0 Å². The Morgan fingerprint density at radius 3 is 0.971 bits per heavy atom. The van der Waals surface area contributed by atoms with Crippen molar-refractivity contribution in [2.24, 2.45) is 0 Å². The monoisotopic (exact) mass is 864 g/mol. The first-order valence-electron chi connectivity index (χ1n) is 23.3. The molecule has 4 nitrogen and oxygen atoms in total. The highest BCUT2D eigenvalue weighted by Gasteiger charge is 2.27. The molecule has 0 amide bonds. The standard InChI is InChI=1S/C64H36N2O2/c1-3-15-37(16-4-1)39-27-29-59-45(31-39)47-33-49-57(65-53-23-11-7-19-41(53)42-20-8-12-24-54(42)65)36-52-62-50(34-48-46-32-40(38-17-5-2-6-18-38)28-30-60(46)68-64(48)52)58(35-51(61(49)62)63(47)67-59)66-55-25-13-9-21-43(55)44-22-10-14-26-56(44)66/h1-36H. The molecule has 0 aliphatic heterocycles. The van der Waals surface area contributed by atoms with Crippen LogP contribution in [0.4, 0.5) is 0 Å². The molecule has 0 unspecified atom stereocenters. The third kappa shape index (κ3) is 4.77. The minimum absolute atomic E-state index is 0.862. The summed E-state index contributed by atoms with van der Waals surface area (Å²) in [5, 5.41) is 16.0. The molecule has 16 rings (SSSR count). The molecular weight excluding hydrogens is 829 g/mol. The van der Waals surface area contributed by atoms with Gasteiger partial charge in [0.05, 0.1) is 33.4 Å². The van der Waals surface area contributed by atoms with Crippen molar-refractivity contribution in [1.29, 1.82) is 0 Å². The highest BCUT2D eigenvalue weighted by Crippen LogP contribution is 2.51. The van der Waals surface area contributed by atoms with E-state index >= 15 is 0 Å². The van der Waals surface area contributed by atoms with Gasteiger partial charge in [0.2, 0.25) is 0 Å². The number of benzene rings is 12. The van der Waals surface area contributed by atoms with Gasteiger partial charge in [0.15, 0.2) is 0 Å². The number of nitrogens with zero attached hydrogens (tertiary/aromatic N) is 2. The summed E-state index contributed by atoms with van der Waals surface area (Å²) in [4.78, 5) is 0. The fourth-order valence-electron chi connectivity index (χ4n) is 11.9. The number of furan rings is 2. The van der Waals surface area contributed by atoms with E-state index in [0.29, 0.717) is 0 Å². The fourth-order valence-corrected chi connectivity index (χ4v) is 11.9. The van der Waals surface area contributed by atoms with Crippen LogP contribution in [0, 0.1) is 0 Å². The van der Waals surface area contributed by atoms with Gasteiger partial charge in [-0.3, -0.25) is 0 Å². The smallest absolute Gasteiger partial charge is 0.143 e. The molecular formula is C64H36N2O2. The molecule has 0 aliphatic carbocycles. The van der Waals surface area contributed by atoms with Gasteiger partial charge in [-0.1, -0.05) is 146 Å². The average molecular weight is 865 g/mol. The Labute approximate surface area is 388 Å². The molecule has 0 saturated carbocycles. The van der Waals surface area contributed by atoms with E-state index < -0.39 is 0 Å². The van der Waals surface area contributed by atoms with Crippen molar-refractivity contribution in [3.63, 3.8) is 0 Å². The Morgan fingerprint density at radius 1 is 0.235 bits per heavy atom. The van der Waals surface area contributed by atoms with Crippen LogP contribution in [0.5, 0.6) is 0 Å². The zero-order valence-electron chi connectivity index (χ0n) is 36.5. The Balaban J connectivity index is 1.15. The van der Waals surface area contributed by atoms with E-state index in [4.69, 9.17) is 8.83 Å². The zero-order valence-corrected chi connectivity index (χ0v) is 36.5. The maximum absolute atomic E-state index is 7.17. The molecule has 314 valence electrons. The van der Waals surface area contributed by atoms with E-state index in [9.17, 15) is 0 Å². The Kier molecular flexibility index (Phi) is 7.04. The number of para-hydroxylation sites is 4. The second-order valence-electron chi connectivity index (χ2n) is 18.3. The number of hydrogen-bond acceptors (Lipinski definition) is 2. The summed E-state index contributed by atoms with van der Waals surface area (Å²) >= 11 is 0. The van der Waals surface area contributed by atoms with Crippen molar-refractivity contribution < 1.29 is 8.83 Å². The first-order chi connectivity index (χ1) is 33.7. The van der Waals surface area contributed by atoms with Crippen LogP contribution in [0.15, 0.2) is 227 Å². The largest absolute Gasteiger partial charge is 0.455 e. The summed E-state index contributed by atoms with van der Waals surface area (Å²) in [5.41, 5.74) is 14.9. The van der Waals surface area contributed by atoms with Crippen LogP contribution in [0.3, 0.4) is 0 Å². The summed E-state index contributed by atoms with van der Waals surface area (Å²) in [5.74, 6) is 0.